The zero-order chi connectivity index (χ0) is 9.61. The highest BCUT2D eigenvalue weighted by atomic mass is 16.2. The van der Waals surface area contributed by atoms with Crippen LogP contribution >= 0.6 is 0 Å². The molecule has 0 aromatic carbocycles. The first-order chi connectivity index (χ1) is 5.54. The number of rotatable bonds is 5. The maximum Gasteiger partial charge on any atom is 0.225 e. The number of nitrogens with one attached hydrogen (secondary N) is 2. The van der Waals surface area contributed by atoms with Crippen LogP contribution < -0.4 is 10.6 Å². The minimum atomic E-state index is -0.228. The van der Waals surface area contributed by atoms with Crippen molar-refractivity contribution in [3.63, 3.8) is 0 Å². The third-order valence-electron chi connectivity index (χ3n) is 2.16. The van der Waals surface area contributed by atoms with Crippen LogP contribution in [0.3, 0.4) is 0 Å². The standard InChI is InChI=1S/C9H20N2O/c1-5-9(2,3)8(12)11-7-6-10-4/h10H,5-7H2,1-4H3,(H,11,12). The molecule has 3 heteroatoms. The van der Waals surface area contributed by atoms with Gasteiger partial charge in [-0.25, -0.2) is 0 Å². The van der Waals surface area contributed by atoms with Crippen LogP contribution in [-0.2, 0) is 4.79 Å². The third-order valence-corrected chi connectivity index (χ3v) is 2.16. The normalized spacial score (nSPS) is 11.3. The lowest BCUT2D eigenvalue weighted by molar-refractivity contribution is -0.129. The summed E-state index contributed by atoms with van der Waals surface area (Å²) in [6.07, 6.45) is 0.873. The molecule has 2 N–H and O–H groups in total. The molecule has 0 bridgehead atoms. The molecule has 0 aliphatic rings. The minimum Gasteiger partial charge on any atom is -0.354 e. The van der Waals surface area contributed by atoms with E-state index in [0.29, 0.717) is 6.54 Å². The topological polar surface area (TPSA) is 41.1 Å². The van der Waals surface area contributed by atoms with Crippen LogP contribution in [0.15, 0.2) is 0 Å². The van der Waals surface area contributed by atoms with Gasteiger partial charge in [-0.05, 0) is 13.5 Å². The molecule has 72 valence electrons. The fourth-order valence-corrected chi connectivity index (χ4v) is 0.701. The lowest BCUT2D eigenvalue weighted by Gasteiger charge is -2.21. The van der Waals surface area contributed by atoms with E-state index in [1.54, 1.807) is 0 Å². The van der Waals surface area contributed by atoms with Gasteiger partial charge in [0.15, 0.2) is 0 Å². The van der Waals surface area contributed by atoms with Crippen molar-refractivity contribution in [2.45, 2.75) is 27.2 Å². The van der Waals surface area contributed by atoms with Crippen molar-refractivity contribution >= 4 is 5.91 Å². The summed E-state index contributed by atoms with van der Waals surface area (Å²) in [7, 11) is 1.87. The summed E-state index contributed by atoms with van der Waals surface area (Å²) < 4.78 is 0. The van der Waals surface area contributed by atoms with Gasteiger partial charge in [-0.2, -0.15) is 0 Å². The van der Waals surface area contributed by atoms with Crippen LogP contribution in [0.2, 0.25) is 0 Å². The van der Waals surface area contributed by atoms with E-state index in [4.69, 9.17) is 0 Å². The largest absolute Gasteiger partial charge is 0.354 e. The van der Waals surface area contributed by atoms with Gasteiger partial charge >= 0.3 is 0 Å². The third kappa shape index (κ3) is 3.72. The van der Waals surface area contributed by atoms with Gasteiger partial charge in [0.05, 0.1) is 0 Å². The van der Waals surface area contributed by atoms with E-state index in [1.807, 2.05) is 27.8 Å². The molecule has 0 aliphatic heterocycles. The fraction of sp³-hybridized carbons (Fsp3) is 0.889. The van der Waals surface area contributed by atoms with Gasteiger partial charge in [-0.3, -0.25) is 4.79 Å². The van der Waals surface area contributed by atoms with E-state index >= 15 is 0 Å². The maximum atomic E-state index is 11.4. The Labute approximate surface area is 74.9 Å². The molecule has 0 aromatic heterocycles. The monoisotopic (exact) mass is 172 g/mol. The Balaban J connectivity index is 3.72. The molecule has 0 aliphatic carbocycles. The Morgan fingerprint density at radius 2 is 1.92 bits per heavy atom. The van der Waals surface area contributed by atoms with E-state index in [2.05, 4.69) is 10.6 Å². The summed E-state index contributed by atoms with van der Waals surface area (Å²) in [5.41, 5.74) is -0.228. The van der Waals surface area contributed by atoms with E-state index in [-0.39, 0.29) is 11.3 Å². The van der Waals surface area contributed by atoms with E-state index in [9.17, 15) is 4.79 Å². The molecule has 0 spiro atoms. The second-order valence-corrected chi connectivity index (χ2v) is 3.60. The summed E-state index contributed by atoms with van der Waals surface area (Å²) in [5, 5.41) is 5.85. The molecule has 0 fully saturated rings. The molecular formula is C9H20N2O. The zero-order valence-corrected chi connectivity index (χ0v) is 8.53. The molecule has 12 heavy (non-hydrogen) atoms. The molecule has 0 aromatic rings. The summed E-state index contributed by atoms with van der Waals surface area (Å²) in [4.78, 5) is 11.4. The van der Waals surface area contributed by atoms with Crippen molar-refractivity contribution in [1.29, 1.82) is 0 Å². The van der Waals surface area contributed by atoms with Gasteiger partial charge in [0.2, 0.25) is 5.91 Å². The number of hydrogen-bond acceptors (Lipinski definition) is 2. The molecule has 1 amide bonds. The number of carbonyl (C=O) groups excluding carboxylic acids is 1. The average molecular weight is 172 g/mol. The van der Waals surface area contributed by atoms with Crippen LogP contribution in [0.5, 0.6) is 0 Å². The van der Waals surface area contributed by atoms with Crippen LogP contribution in [0, 0.1) is 5.41 Å². The van der Waals surface area contributed by atoms with E-state index in [0.717, 1.165) is 13.0 Å². The Kier molecular flexibility index (Phi) is 4.90. The molecule has 0 rings (SSSR count). The highest BCUT2D eigenvalue weighted by Crippen LogP contribution is 2.18. The smallest absolute Gasteiger partial charge is 0.225 e. The van der Waals surface area contributed by atoms with Crippen LogP contribution in [0.1, 0.15) is 27.2 Å². The second kappa shape index (κ2) is 5.14. The predicted octanol–water partition coefficient (Wildman–Crippen LogP) is 0.758. The summed E-state index contributed by atoms with van der Waals surface area (Å²) >= 11 is 0. The van der Waals surface area contributed by atoms with Crippen molar-refractivity contribution in [2.75, 3.05) is 20.1 Å². The fourth-order valence-electron chi connectivity index (χ4n) is 0.701. The van der Waals surface area contributed by atoms with E-state index < -0.39 is 0 Å². The summed E-state index contributed by atoms with van der Waals surface area (Å²) in [5.74, 6) is 0.139. The van der Waals surface area contributed by atoms with Crippen molar-refractivity contribution in [2.24, 2.45) is 5.41 Å². The molecule has 0 saturated carbocycles. The Bertz CT molecular complexity index is 143. The average Bonchev–Trinajstić information content (AvgIpc) is 2.05. The summed E-state index contributed by atoms with van der Waals surface area (Å²) in [6, 6.07) is 0. The SMILES string of the molecule is CCC(C)(C)C(=O)NCCNC. The first-order valence-corrected chi connectivity index (χ1v) is 4.47. The molecule has 0 radical (unpaired) electrons. The molecule has 0 heterocycles. The zero-order valence-electron chi connectivity index (χ0n) is 8.53. The van der Waals surface area contributed by atoms with Crippen LogP contribution in [0.25, 0.3) is 0 Å². The van der Waals surface area contributed by atoms with Gasteiger partial charge in [0, 0.05) is 18.5 Å². The van der Waals surface area contributed by atoms with Crippen molar-refractivity contribution in [3.05, 3.63) is 0 Å². The van der Waals surface area contributed by atoms with Gasteiger partial charge in [0.25, 0.3) is 0 Å². The quantitative estimate of drug-likeness (QED) is 0.601. The Hall–Kier alpha value is -0.570. The highest BCUT2D eigenvalue weighted by Gasteiger charge is 2.24. The van der Waals surface area contributed by atoms with Crippen LogP contribution in [-0.4, -0.2) is 26.0 Å². The predicted molar refractivity (Wildman–Crippen MR) is 51.0 cm³/mol. The molecular weight excluding hydrogens is 152 g/mol. The Morgan fingerprint density at radius 3 is 2.33 bits per heavy atom. The van der Waals surface area contributed by atoms with Gasteiger partial charge in [-0.1, -0.05) is 20.8 Å². The summed E-state index contributed by atoms with van der Waals surface area (Å²) in [6.45, 7) is 7.48. The van der Waals surface area contributed by atoms with Crippen molar-refractivity contribution < 1.29 is 4.79 Å². The molecule has 0 unspecified atom stereocenters. The maximum absolute atomic E-state index is 11.4. The lowest BCUT2D eigenvalue weighted by atomic mass is 9.89. The second-order valence-electron chi connectivity index (χ2n) is 3.60. The van der Waals surface area contributed by atoms with Gasteiger partial charge in [0.1, 0.15) is 0 Å². The lowest BCUT2D eigenvalue weighted by Crippen LogP contribution is -2.39. The van der Waals surface area contributed by atoms with Gasteiger partial charge in [-0.15, -0.1) is 0 Å². The molecule has 0 atom stereocenters. The van der Waals surface area contributed by atoms with Crippen molar-refractivity contribution in [1.82, 2.24) is 10.6 Å². The Morgan fingerprint density at radius 1 is 1.33 bits per heavy atom. The van der Waals surface area contributed by atoms with Crippen LogP contribution in [0.4, 0.5) is 0 Å². The minimum absolute atomic E-state index is 0.139. The number of hydrogen-bond donors (Lipinski definition) is 2. The van der Waals surface area contributed by atoms with Gasteiger partial charge < -0.3 is 10.6 Å². The first kappa shape index (κ1) is 11.4. The number of carbonyl (C=O) groups is 1. The number of amides is 1. The molecule has 0 saturated heterocycles. The highest BCUT2D eigenvalue weighted by molar-refractivity contribution is 5.81. The van der Waals surface area contributed by atoms with Crippen molar-refractivity contribution in [3.8, 4) is 0 Å². The molecule has 3 nitrogen and oxygen atoms in total. The van der Waals surface area contributed by atoms with E-state index in [1.165, 1.54) is 0 Å². The first-order valence-electron chi connectivity index (χ1n) is 4.47. The number of likely N-dealkylation sites (N-methyl/N-ethyl adjacent to an activating group) is 1.